The second-order valence-electron chi connectivity index (χ2n) is 3.06. The van der Waals surface area contributed by atoms with Gasteiger partial charge in [0.25, 0.3) is 0 Å². The zero-order chi connectivity index (χ0) is 8.48. The molecule has 12 heavy (non-hydrogen) atoms. The molecule has 0 aliphatic heterocycles. The van der Waals surface area contributed by atoms with Crippen LogP contribution >= 0.6 is 12.4 Å². The molecule has 0 saturated carbocycles. The van der Waals surface area contributed by atoms with Crippen molar-refractivity contribution < 1.29 is 9.63 Å². The Bertz CT molecular complexity index is 242. The third kappa shape index (κ3) is 2.48. The molecule has 0 amide bonds. The first kappa shape index (κ1) is 11.4. The highest BCUT2D eigenvalue weighted by Crippen LogP contribution is 2.17. The van der Waals surface area contributed by atoms with E-state index in [4.69, 9.17) is 15.4 Å². The maximum absolute atomic E-state index is 8.65. The van der Waals surface area contributed by atoms with Gasteiger partial charge >= 0.3 is 0 Å². The van der Waals surface area contributed by atoms with E-state index in [1.807, 2.05) is 13.8 Å². The van der Waals surface area contributed by atoms with Crippen molar-refractivity contribution in [3.63, 3.8) is 0 Å². The Labute approximate surface area is 77.1 Å². The highest BCUT2D eigenvalue weighted by Gasteiger charge is 2.19. The van der Waals surface area contributed by atoms with Crippen molar-refractivity contribution in [2.75, 3.05) is 0 Å². The molecular weight excluding hydrogens is 180 g/mol. The second-order valence-corrected chi connectivity index (χ2v) is 3.06. The minimum atomic E-state index is -0.527. The van der Waals surface area contributed by atoms with Crippen molar-refractivity contribution in [2.24, 2.45) is 5.73 Å². The lowest BCUT2D eigenvalue weighted by molar-refractivity contribution is 0.260. The summed E-state index contributed by atoms with van der Waals surface area (Å²) < 4.78 is 4.88. The summed E-state index contributed by atoms with van der Waals surface area (Å²) in [6.07, 6.45) is 0. The van der Waals surface area contributed by atoms with Gasteiger partial charge in [-0.25, -0.2) is 0 Å². The van der Waals surface area contributed by atoms with Crippen LogP contribution in [0, 0.1) is 0 Å². The first-order chi connectivity index (χ1) is 5.04. The fourth-order valence-electron chi connectivity index (χ4n) is 0.690. The summed E-state index contributed by atoms with van der Waals surface area (Å²) in [6, 6.07) is 1.65. The number of hydrogen-bond donors (Lipinski definition) is 2. The molecular formula is C7H13ClN2O2. The van der Waals surface area contributed by atoms with E-state index in [1.54, 1.807) is 6.07 Å². The molecule has 0 aliphatic rings. The third-order valence-electron chi connectivity index (χ3n) is 1.36. The quantitative estimate of drug-likeness (QED) is 0.727. The third-order valence-corrected chi connectivity index (χ3v) is 1.36. The van der Waals surface area contributed by atoms with E-state index >= 15 is 0 Å². The zero-order valence-electron chi connectivity index (χ0n) is 7.07. The maximum Gasteiger partial charge on any atom is 0.156 e. The molecule has 0 spiro atoms. The van der Waals surface area contributed by atoms with Gasteiger partial charge in [-0.2, -0.15) is 0 Å². The zero-order valence-corrected chi connectivity index (χ0v) is 7.89. The standard InChI is InChI=1S/C7H12N2O2.ClH/c1-7(2,8)6-3-5(4-10)9-11-6;/h3,10H,4,8H2,1-2H3;1H. The molecule has 70 valence electrons. The van der Waals surface area contributed by atoms with Gasteiger partial charge in [-0.15, -0.1) is 12.4 Å². The summed E-state index contributed by atoms with van der Waals surface area (Å²) in [4.78, 5) is 0. The molecule has 0 saturated heterocycles. The highest BCUT2D eigenvalue weighted by molar-refractivity contribution is 5.85. The Morgan fingerprint density at radius 1 is 1.67 bits per heavy atom. The summed E-state index contributed by atoms with van der Waals surface area (Å²) in [6.45, 7) is 3.52. The summed E-state index contributed by atoms with van der Waals surface area (Å²) in [5, 5.41) is 12.2. The number of aromatic nitrogens is 1. The van der Waals surface area contributed by atoms with Gasteiger partial charge in [0.05, 0.1) is 12.1 Å². The van der Waals surface area contributed by atoms with Crippen LogP contribution in [-0.2, 0) is 12.1 Å². The predicted molar refractivity (Wildman–Crippen MR) is 46.9 cm³/mol. The second kappa shape index (κ2) is 3.89. The number of nitrogens with two attached hydrogens (primary N) is 1. The Kier molecular flexibility index (Phi) is 3.70. The van der Waals surface area contributed by atoms with E-state index in [1.165, 1.54) is 0 Å². The van der Waals surface area contributed by atoms with Gasteiger partial charge in [0.2, 0.25) is 0 Å². The molecule has 1 aromatic heterocycles. The molecule has 4 nitrogen and oxygen atoms in total. The van der Waals surface area contributed by atoms with E-state index in [0.717, 1.165) is 0 Å². The van der Waals surface area contributed by atoms with Crippen LogP contribution in [0.3, 0.4) is 0 Å². The van der Waals surface area contributed by atoms with Crippen molar-refractivity contribution in [1.82, 2.24) is 5.16 Å². The largest absolute Gasteiger partial charge is 0.390 e. The Balaban J connectivity index is 0.00000121. The van der Waals surface area contributed by atoms with Gasteiger partial charge in [-0.1, -0.05) is 5.16 Å². The fourth-order valence-corrected chi connectivity index (χ4v) is 0.690. The molecule has 0 bridgehead atoms. The average molecular weight is 193 g/mol. The molecule has 0 radical (unpaired) electrons. The molecule has 0 atom stereocenters. The first-order valence-corrected chi connectivity index (χ1v) is 3.40. The van der Waals surface area contributed by atoms with Crippen LogP contribution in [-0.4, -0.2) is 10.3 Å². The summed E-state index contributed by atoms with van der Waals surface area (Å²) in [5.74, 6) is 0.585. The number of nitrogens with zero attached hydrogens (tertiary/aromatic N) is 1. The van der Waals surface area contributed by atoms with Gasteiger partial charge in [0, 0.05) is 6.07 Å². The lowest BCUT2D eigenvalue weighted by Crippen LogP contribution is -2.27. The van der Waals surface area contributed by atoms with Gasteiger partial charge < -0.3 is 15.4 Å². The van der Waals surface area contributed by atoms with Crippen LogP contribution in [0.5, 0.6) is 0 Å². The Morgan fingerprint density at radius 3 is 2.50 bits per heavy atom. The van der Waals surface area contributed by atoms with Crippen molar-refractivity contribution in [3.8, 4) is 0 Å². The van der Waals surface area contributed by atoms with Crippen LogP contribution in [0.15, 0.2) is 10.6 Å². The summed E-state index contributed by atoms with van der Waals surface area (Å²) >= 11 is 0. The smallest absolute Gasteiger partial charge is 0.156 e. The minimum absolute atomic E-state index is 0. The van der Waals surface area contributed by atoms with Crippen LogP contribution in [0.4, 0.5) is 0 Å². The monoisotopic (exact) mass is 192 g/mol. The number of halogens is 1. The molecule has 5 heteroatoms. The van der Waals surface area contributed by atoms with Crippen LogP contribution in [0.2, 0.25) is 0 Å². The van der Waals surface area contributed by atoms with Crippen molar-refractivity contribution in [2.45, 2.75) is 26.0 Å². The van der Waals surface area contributed by atoms with Crippen LogP contribution in [0.1, 0.15) is 25.3 Å². The molecule has 0 aromatic carbocycles. The topological polar surface area (TPSA) is 72.3 Å². The molecule has 0 fully saturated rings. The molecule has 1 aromatic rings. The molecule has 1 rings (SSSR count). The summed E-state index contributed by atoms with van der Waals surface area (Å²) in [7, 11) is 0. The van der Waals surface area contributed by atoms with Gasteiger partial charge in [0.1, 0.15) is 5.69 Å². The maximum atomic E-state index is 8.65. The number of hydrogen-bond acceptors (Lipinski definition) is 4. The minimum Gasteiger partial charge on any atom is -0.390 e. The molecule has 0 aliphatic carbocycles. The Morgan fingerprint density at radius 2 is 2.25 bits per heavy atom. The SMILES string of the molecule is CC(C)(N)c1cc(CO)no1.Cl. The van der Waals surface area contributed by atoms with E-state index in [0.29, 0.717) is 11.5 Å². The molecule has 3 N–H and O–H groups in total. The van der Waals surface area contributed by atoms with Crippen LogP contribution in [0.25, 0.3) is 0 Å². The predicted octanol–water partition coefficient (Wildman–Crippen LogP) is 0.782. The lowest BCUT2D eigenvalue weighted by atomic mass is 10.0. The number of rotatable bonds is 2. The highest BCUT2D eigenvalue weighted by atomic mass is 35.5. The normalized spacial score (nSPS) is 11.0. The first-order valence-electron chi connectivity index (χ1n) is 3.40. The van der Waals surface area contributed by atoms with Gasteiger partial charge in [-0.05, 0) is 13.8 Å². The Hall–Kier alpha value is -0.580. The number of aliphatic hydroxyl groups excluding tert-OH is 1. The van der Waals surface area contributed by atoms with E-state index in [9.17, 15) is 0 Å². The fraction of sp³-hybridized carbons (Fsp3) is 0.571. The van der Waals surface area contributed by atoms with Gasteiger partial charge in [-0.3, -0.25) is 0 Å². The van der Waals surface area contributed by atoms with E-state index in [-0.39, 0.29) is 19.0 Å². The van der Waals surface area contributed by atoms with Crippen molar-refractivity contribution in [1.29, 1.82) is 0 Å². The lowest BCUT2D eigenvalue weighted by Gasteiger charge is -2.12. The van der Waals surface area contributed by atoms with E-state index < -0.39 is 5.54 Å². The van der Waals surface area contributed by atoms with Crippen LogP contribution < -0.4 is 5.73 Å². The van der Waals surface area contributed by atoms with Crippen molar-refractivity contribution in [3.05, 3.63) is 17.5 Å². The van der Waals surface area contributed by atoms with E-state index in [2.05, 4.69) is 5.16 Å². The summed E-state index contributed by atoms with van der Waals surface area (Å²) in [5.41, 5.74) is 5.69. The number of aliphatic hydroxyl groups is 1. The molecule has 1 heterocycles. The van der Waals surface area contributed by atoms with Crippen molar-refractivity contribution >= 4 is 12.4 Å². The van der Waals surface area contributed by atoms with Gasteiger partial charge in [0.15, 0.2) is 5.76 Å². The molecule has 0 unspecified atom stereocenters. The average Bonchev–Trinajstić information content (AvgIpc) is 2.32.